The lowest BCUT2D eigenvalue weighted by Crippen LogP contribution is -2.33. The fraction of sp³-hybridized carbons (Fsp3) is 0.476. The Bertz CT molecular complexity index is 884. The van der Waals surface area contributed by atoms with E-state index in [1.54, 1.807) is 6.92 Å². The van der Waals surface area contributed by atoms with Gasteiger partial charge in [-0.2, -0.15) is 0 Å². The van der Waals surface area contributed by atoms with Crippen molar-refractivity contribution in [2.45, 2.75) is 37.6 Å². The molecule has 0 bridgehead atoms. The summed E-state index contributed by atoms with van der Waals surface area (Å²) in [6.45, 7) is 7.33. The normalized spacial score (nSPS) is 13.7. The van der Waals surface area contributed by atoms with Gasteiger partial charge in [0.25, 0.3) is 0 Å². The van der Waals surface area contributed by atoms with Gasteiger partial charge in [-0.3, -0.25) is 9.59 Å². The van der Waals surface area contributed by atoms with Crippen molar-refractivity contribution in [1.82, 2.24) is 10.3 Å². The lowest BCUT2D eigenvalue weighted by molar-refractivity contribution is -0.142. The third kappa shape index (κ3) is 6.12. The maximum Gasteiger partial charge on any atom is 0.311 e. The van der Waals surface area contributed by atoms with E-state index in [-0.39, 0.29) is 36.0 Å². The molecule has 30 heavy (non-hydrogen) atoms. The van der Waals surface area contributed by atoms with Crippen molar-refractivity contribution in [1.29, 1.82) is 0 Å². The van der Waals surface area contributed by atoms with Crippen molar-refractivity contribution in [2.75, 3.05) is 25.6 Å². The minimum absolute atomic E-state index is 0.0734. The lowest BCUT2D eigenvalue weighted by Gasteiger charge is -2.25. The molecule has 0 spiro atoms. The number of hydrogen-bond acceptors (Lipinski definition) is 8. The number of aromatic nitrogens is 1. The zero-order chi connectivity index (χ0) is 21.5. The summed E-state index contributed by atoms with van der Waals surface area (Å²) in [6, 6.07) is 5.66. The molecule has 9 heteroatoms. The highest BCUT2D eigenvalue weighted by atomic mass is 32.2. The van der Waals surface area contributed by atoms with Crippen LogP contribution in [0.5, 0.6) is 11.5 Å². The molecule has 2 aromatic rings. The van der Waals surface area contributed by atoms with E-state index in [0.29, 0.717) is 31.3 Å². The highest BCUT2D eigenvalue weighted by molar-refractivity contribution is 8.01. The average molecular weight is 451 g/mol. The van der Waals surface area contributed by atoms with Crippen molar-refractivity contribution in [3.8, 4) is 11.5 Å². The Kier molecular flexibility index (Phi) is 7.98. The van der Waals surface area contributed by atoms with E-state index in [2.05, 4.69) is 24.1 Å². The number of hydrogen-bond donors (Lipinski definition) is 1. The highest BCUT2D eigenvalue weighted by Crippen LogP contribution is 2.34. The molecule has 3 rings (SSSR count). The number of carbonyl (C=O) groups is 2. The first-order chi connectivity index (χ1) is 14.5. The molecule has 1 atom stereocenters. The number of esters is 1. The van der Waals surface area contributed by atoms with Crippen LogP contribution >= 0.6 is 23.1 Å². The summed E-state index contributed by atoms with van der Waals surface area (Å²) in [5, 5.41) is 4.93. The van der Waals surface area contributed by atoms with E-state index in [1.807, 2.05) is 23.6 Å². The maximum atomic E-state index is 12.6. The van der Waals surface area contributed by atoms with E-state index < -0.39 is 0 Å². The Morgan fingerprint density at radius 1 is 1.27 bits per heavy atom. The van der Waals surface area contributed by atoms with Gasteiger partial charge in [0.05, 0.1) is 30.5 Å². The Labute approximate surface area is 184 Å². The van der Waals surface area contributed by atoms with Crippen LogP contribution in [0.4, 0.5) is 0 Å². The summed E-state index contributed by atoms with van der Waals surface area (Å²) >= 11 is 2.78. The molecule has 162 valence electrons. The molecule has 1 aromatic heterocycles. The molecule has 0 saturated heterocycles. The number of ether oxygens (including phenoxy) is 3. The van der Waals surface area contributed by atoms with Crippen molar-refractivity contribution in [2.24, 2.45) is 5.92 Å². The molecule has 0 radical (unpaired) electrons. The summed E-state index contributed by atoms with van der Waals surface area (Å²) in [5.41, 5.74) is 1.65. The van der Waals surface area contributed by atoms with Gasteiger partial charge in [0, 0.05) is 5.38 Å². The second-order valence-electron chi connectivity index (χ2n) is 7.07. The molecule has 0 aliphatic carbocycles. The lowest BCUT2D eigenvalue weighted by atomic mass is 9.95. The number of carbonyl (C=O) groups excluding carboxylic acids is 2. The molecule has 1 amide bonds. The van der Waals surface area contributed by atoms with Gasteiger partial charge in [0.1, 0.15) is 13.2 Å². The molecule has 0 unspecified atom stereocenters. The van der Waals surface area contributed by atoms with Gasteiger partial charge in [-0.25, -0.2) is 4.98 Å². The zero-order valence-corrected chi connectivity index (χ0v) is 18.9. The van der Waals surface area contributed by atoms with Crippen LogP contribution in [0, 0.1) is 5.92 Å². The largest absolute Gasteiger partial charge is 0.486 e. The summed E-state index contributed by atoms with van der Waals surface area (Å²) < 4.78 is 16.9. The molecule has 0 fully saturated rings. The van der Waals surface area contributed by atoms with Gasteiger partial charge < -0.3 is 19.5 Å². The minimum atomic E-state index is -0.295. The Morgan fingerprint density at radius 3 is 2.77 bits per heavy atom. The standard InChI is InChI=1S/C21H26N2O5S2/c1-4-26-19(25)10-15-11-29-21(22-15)30-12-18(24)23-20(13(2)3)14-5-6-16-17(9-14)28-8-7-27-16/h5-6,9,11,13,20H,4,7-8,10,12H2,1-3H3,(H,23,24)/t20-/m1/s1. The summed E-state index contributed by atoms with van der Waals surface area (Å²) in [7, 11) is 0. The zero-order valence-electron chi connectivity index (χ0n) is 17.3. The van der Waals surface area contributed by atoms with E-state index >= 15 is 0 Å². The average Bonchev–Trinajstić information content (AvgIpc) is 3.17. The molecule has 2 heterocycles. The van der Waals surface area contributed by atoms with E-state index in [1.165, 1.54) is 23.1 Å². The van der Waals surface area contributed by atoms with Crippen LogP contribution in [0.15, 0.2) is 27.9 Å². The number of amides is 1. The Hall–Kier alpha value is -2.26. The topological polar surface area (TPSA) is 86.8 Å². The van der Waals surface area contributed by atoms with Gasteiger partial charge in [0.2, 0.25) is 5.91 Å². The predicted octanol–water partition coefficient (Wildman–Crippen LogP) is 3.63. The van der Waals surface area contributed by atoms with Crippen LogP contribution in [0.25, 0.3) is 0 Å². The van der Waals surface area contributed by atoms with Gasteiger partial charge in [0.15, 0.2) is 15.8 Å². The van der Waals surface area contributed by atoms with Crippen LogP contribution < -0.4 is 14.8 Å². The van der Waals surface area contributed by atoms with Crippen LogP contribution in [-0.4, -0.2) is 42.4 Å². The number of benzene rings is 1. The van der Waals surface area contributed by atoms with Crippen LogP contribution in [0.2, 0.25) is 0 Å². The van der Waals surface area contributed by atoms with Crippen molar-refractivity contribution in [3.63, 3.8) is 0 Å². The Morgan fingerprint density at radius 2 is 2.03 bits per heavy atom. The monoisotopic (exact) mass is 450 g/mol. The molecule has 1 aliphatic rings. The molecule has 1 N–H and O–H groups in total. The predicted molar refractivity (Wildman–Crippen MR) is 116 cm³/mol. The molecular weight excluding hydrogens is 424 g/mol. The second kappa shape index (κ2) is 10.7. The minimum Gasteiger partial charge on any atom is -0.486 e. The molecular formula is C21H26N2O5S2. The first kappa shape index (κ1) is 22.4. The van der Waals surface area contributed by atoms with Gasteiger partial charge in [-0.1, -0.05) is 31.7 Å². The first-order valence-electron chi connectivity index (χ1n) is 9.88. The van der Waals surface area contributed by atoms with Crippen LogP contribution in [0.3, 0.4) is 0 Å². The fourth-order valence-corrected chi connectivity index (χ4v) is 4.68. The number of nitrogens with one attached hydrogen (secondary N) is 1. The van der Waals surface area contributed by atoms with E-state index in [0.717, 1.165) is 15.7 Å². The second-order valence-corrected chi connectivity index (χ2v) is 9.15. The van der Waals surface area contributed by atoms with Crippen LogP contribution in [-0.2, 0) is 20.7 Å². The highest BCUT2D eigenvalue weighted by Gasteiger charge is 2.22. The number of thiazole rings is 1. The third-order valence-electron chi connectivity index (χ3n) is 4.40. The number of nitrogens with zero attached hydrogens (tertiary/aromatic N) is 1. The van der Waals surface area contributed by atoms with Gasteiger partial charge in [-0.05, 0) is 30.5 Å². The number of fused-ring (bicyclic) bond motifs is 1. The molecule has 1 aliphatic heterocycles. The number of thioether (sulfide) groups is 1. The SMILES string of the molecule is CCOC(=O)Cc1csc(SCC(=O)N[C@@H](c2ccc3c(c2)OCCO3)C(C)C)n1. The number of rotatable bonds is 9. The van der Waals surface area contributed by atoms with Gasteiger partial charge in [-0.15, -0.1) is 11.3 Å². The van der Waals surface area contributed by atoms with E-state index in [9.17, 15) is 9.59 Å². The molecule has 1 aromatic carbocycles. The Balaban J connectivity index is 1.56. The molecule has 0 saturated carbocycles. The summed E-state index contributed by atoms with van der Waals surface area (Å²) in [6.07, 6.45) is 0.149. The van der Waals surface area contributed by atoms with Crippen molar-refractivity contribution >= 4 is 35.0 Å². The smallest absolute Gasteiger partial charge is 0.311 e. The third-order valence-corrected chi connectivity index (χ3v) is 6.47. The van der Waals surface area contributed by atoms with Crippen LogP contribution in [0.1, 0.15) is 38.1 Å². The molecule has 7 nitrogen and oxygen atoms in total. The quantitative estimate of drug-likeness (QED) is 0.461. The maximum absolute atomic E-state index is 12.6. The van der Waals surface area contributed by atoms with E-state index in [4.69, 9.17) is 14.2 Å². The van der Waals surface area contributed by atoms with Crippen molar-refractivity contribution in [3.05, 3.63) is 34.8 Å². The summed E-state index contributed by atoms with van der Waals surface area (Å²) in [4.78, 5) is 28.5. The van der Waals surface area contributed by atoms with Crippen molar-refractivity contribution < 1.29 is 23.8 Å². The first-order valence-corrected chi connectivity index (χ1v) is 11.7. The summed E-state index contributed by atoms with van der Waals surface area (Å²) in [5.74, 6) is 1.53. The van der Waals surface area contributed by atoms with Gasteiger partial charge >= 0.3 is 5.97 Å². The fourth-order valence-electron chi connectivity index (χ4n) is 3.03.